The molecule has 1 saturated heterocycles. The van der Waals surface area contributed by atoms with E-state index in [1.807, 2.05) is 47.4 Å². The highest BCUT2D eigenvalue weighted by atomic mass is 32.2. The second-order valence-corrected chi connectivity index (χ2v) is 6.33. The van der Waals surface area contributed by atoms with Gasteiger partial charge in [0.1, 0.15) is 11.1 Å². The number of hydrogen-bond acceptors (Lipinski definition) is 3. The fourth-order valence-corrected chi connectivity index (χ4v) is 3.85. The van der Waals surface area contributed by atoms with E-state index >= 15 is 0 Å². The SMILES string of the molecule is COc1ccc(C2SCC(=O)N2CCc2ccccc2)cc1. The first-order chi connectivity index (χ1) is 10.8. The Morgan fingerprint density at radius 1 is 1.14 bits per heavy atom. The van der Waals surface area contributed by atoms with Crippen LogP contribution in [0.1, 0.15) is 16.5 Å². The van der Waals surface area contributed by atoms with Crippen LogP contribution in [0.15, 0.2) is 54.6 Å². The van der Waals surface area contributed by atoms with Gasteiger partial charge in [-0.2, -0.15) is 0 Å². The zero-order valence-corrected chi connectivity index (χ0v) is 13.4. The van der Waals surface area contributed by atoms with E-state index in [4.69, 9.17) is 4.74 Å². The minimum Gasteiger partial charge on any atom is -0.497 e. The van der Waals surface area contributed by atoms with Crippen molar-refractivity contribution in [2.45, 2.75) is 11.8 Å². The number of amides is 1. The smallest absolute Gasteiger partial charge is 0.233 e. The van der Waals surface area contributed by atoms with Crippen LogP contribution in [0.25, 0.3) is 0 Å². The van der Waals surface area contributed by atoms with Crippen molar-refractivity contribution in [2.24, 2.45) is 0 Å². The maximum absolute atomic E-state index is 12.2. The lowest BCUT2D eigenvalue weighted by atomic mass is 10.1. The highest BCUT2D eigenvalue weighted by Crippen LogP contribution is 2.39. The topological polar surface area (TPSA) is 29.5 Å². The summed E-state index contributed by atoms with van der Waals surface area (Å²) in [5.41, 5.74) is 2.42. The fraction of sp³-hybridized carbons (Fsp3) is 0.278. The largest absolute Gasteiger partial charge is 0.497 e. The number of hydrogen-bond donors (Lipinski definition) is 0. The normalized spacial score (nSPS) is 17.8. The second kappa shape index (κ2) is 6.88. The van der Waals surface area contributed by atoms with Crippen molar-refractivity contribution in [3.05, 3.63) is 65.7 Å². The van der Waals surface area contributed by atoms with Gasteiger partial charge >= 0.3 is 0 Å². The van der Waals surface area contributed by atoms with E-state index in [-0.39, 0.29) is 11.3 Å². The third kappa shape index (κ3) is 3.28. The van der Waals surface area contributed by atoms with E-state index in [1.54, 1.807) is 18.9 Å². The molecule has 1 unspecified atom stereocenters. The van der Waals surface area contributed by atoms with Crippen molar-refractivity contribution in [1.82, 2.24) is 4.90 Å². The maximum atomic E-state index is 12.2. The van der Waals surface area contributed by atoms with Gasteiger partial charge in [0.2, 0.25) is 5.91 Å². The molecule has 2 aromatic carbocycles. The first-order valence-corrected chi connectivity index (χ1v) is 8.42. The van der Waals surface area contributed by atoms with Crippen LogP contribution in [-0.4, -0.2) is 30.2 Å². The van der Waals surface area contributed by atoms with Crippen LogP contribution in [0.5, 0.6) is 5.75 Å². The predicted molar refractivity (Wildman–Crippen MR) is 90.1 cm³/mol. The summed E-state index contributed by atoms with van der Waals surface area (Å²) in [6, 6.07) is 18.3. The molecular formula is C18H19NO2S. The summed E-state index contributed by atoms with van der Waals surface area (Å²) in [7, 11) is 1.66. The minimum atomic E-state index is 0.113. The number of rotatable bonds is 5. The number of nitrogens with zero attached hydrogens (tertiary/aromatic N) is 1. The molecule has 1 atom stereocenters. The van der Waals surface area contributed by atoms with Gasteiger partial charge in [-0.1, -0.05) is 42.5 Å². The third-order valence-electron chi connectivity index (χ3n) is 3.85. The molecule has 3 nitrogen and oxygen atoms in total. The first-order valence-electron chi connectivity index (χ1n) is 7.37. The van der Waals surface area contributed by atoms with Gasteiger partial charge in [0.25, 0.3) is 0 Å². The summed E-state index contributed by atoms with van der Waals surface area (Å²) >= 11 is 1.70. The van der Waals surface area contributed by atoms with Gasteiger partial charge in [-0.25, -0.2) is 0 Å². The Hall–Kier alpha value is -1.94. The van der Waals surface area contributed by atoms with Crippen molar-refractivity contribution in [3.8, 4) is 5.75 Å². The number of ether oxygens (including phenoxy) is 1. The van der Waals surface area contributed by atoms with Gasteiger partial charge < -0.3 is 9.64 Å². The van der Waals surface area contributed by atoms with Gasteiger partial charge in [0.15, 0.2) is 0 Å². The number of carbonyl (C=O) groups is 1. The first kappa shape index (κ1) is 15.0. The molecule has 22 heavy (non-hydrogen) atoms. The second-order valence-electron chi connectivity index (χ2n) is 5.26. The van der Waals surface area contributed by atoms with E-state index in [1.165, 1.54) is 5.56 Å². The Morgan fingerprint density at radius 3 is 2.55 bits per heavy atom. The number of carbonyl (C=O) groups excluding carboxylic acids is 1. The summed E-state index contributed by atoms with van der Waals surface area (Å²) in [5.74, 6) is 1.63. The van der Waals surface area contributed by atoms with Crippen molar-refractivity contribution < 1.29 is 9.53 Å². The molecule has 0 aromatic heterocycles. The van der Waals surface area contributed by atoms with E-state index in [0.29, 0.717) is 5.75 Å². The standard InChI is InChI=1S/C18H19NO2S/c1-21-16-9-7-15(8-10-16)18-19(17(20)13-22-18)12-11-14-5-3-2-4-6-14/h2-10,18H,11-13H2,1H3. The van der Waals surface area contributed by atoms with Crippen LogP contribution in [-0.2, 0) is 11.2 Å². The Labute approximate surface area is 135 Å². The average Bonchev–Trinajstić information content (AvgIpc) is 2.95. The summed E-state index contributed by atoms with van der Waals surface area (Å²) in [4.78, 5) is 14.2. The van der Waals surface area contributed by atoms with E-state index in [0.717, 1.165) is 24.3 Å². The van der Waals surface area contributed by atoms with E-state index in [9.17, 15) is 4.79 Å². The monoisotopic (exact) mass is 313 g/mol. The molecule has 1 aliphatic heterocycles. The van der Waals surface area contributed by atoms with Gasteiger partial charge in [-0.05, 0) is 29.7 Å². The van der Waals surface area contributed by atoms with Gasteiger partial charge in [0, 0.05) is 6.54 Å². The molecule has 0 saturated carbocycles. The fourth-order valence-electron chi connectivity index (χ4n) is 2.63. The zero-order chi connectivity index (χ0) is 15.4. The highest BCUT2D eigenvalue weighted by molar-refractivity contribution is 8.00. The Morgan fingerprint density at radius 2 is 1.86 bits per heavy atom. The van der Waals surface area contributed by atoms with Crippen LogP contribution in [0, 0.1) is 0 Å². The lowest BCUT2D eigenvalue weighted by Gasteiger charge is -2.24. The summed E-state index contributed by atoms with van der Waals surface area (Å²) in [6.07, 6.45) is 0.889. The van der Waals surface area contributed by atoms with Gasteiger partial charge in [0.05, 0.1) is 12.9 Å². The Balaban J connectivity index is 1.71. The third-order valence-corrected chi connectivity index (χ3v) is 5.11. The van der Waals surface area contributed by atoms with Gasteiger partial charge in [-0.3, -0.25) is 4.79 Å². The van der Waals surface area contributed by atoms with Crippen molar-refractivity contribution in [1.29, 1.82) is 0 Å². The molecule has 2 aromatic rings. The average molecular weight is 313 g/mol. The minimum absolute atomic E-state index is 0.113. The molecule has 3 rings (SSSR count). The molecule has 0 bridgehead atoms. The molecule has 0 spiro atoms. The Kier molecular flexibility index (Phi) is 4.68. The number of thioether (sulfide) groups is 1. The summed E-state index contributed by atoms with van der Waals surface area (Å²) in [6.45, 7) is 0.756. The summed E-state index contributed by atoms with van der Waals surface area (Å²) < 4.78 is 5.20. The van der Waals surface area contributed by atoms with E-state index < -0.39 is 0 Å². The number of methoxy groups -OCH3 is 1. The quantitative estimate of drug-likeness (QED) is 0.846. The molecule has 0 aliphatic carbocycles. The van der Waals surface area contributed by atoms with Crippen LogP contribution >= 0.6 is 11.8 Å². The molecule has 0 radical (unpaired) electrons. The molecule has 114 valence electrons. The van der Waals surface area contributed by atoms with Crippen molar-refractivity contribution >= 4 is 17.7 Å². The van der Waals surface area contributed by atoms with Crippen LogP contribution in [0.3, 0.4) is 0 Å². The highest BCUT2D eigenvalue weighted by Gasteiger charge is 2.32. The van der Waals surface area contributed by atoms with Crippen LogP contribution in [0.2, 0.25) is 0 Å². The molecule has 1 heterocycles. The molecule has 0 N–H and O–H groups in total. The van der Waals surface area contributed by atoms with Crippen LogP contribution in [0.4, 0.5) is 0 Å². The molecule has 1 fully saturated rings. The lowest BCUT2D eigenvalue weighted by molar-refractivity contribution is -0.128. The molecule has 1 aliphatic rings. The summed E-state index contributed by atoms with van der Waals surface area (Å²) in [5, 5.41) is 0.113. The number of benzene rings is 2. The van der Waals surface area contributed by atoms with Gasteiger partial charge in [-0.15, -0.1) is 11.8 Å². The molecule has 1 amide bonds. The maximum Gasteiger partial charge on any atom is 0.233 e. The van der Waals surface area contributed by atoms with E-state index in [2.05, 4.69) is 12.1 Å². The zero-order valence-electron chi connectivity index (χ0n) is 12.6. The molecule has 4 heteroatoms. The predicted octanol–water partition coefficient (Wildman–Crippen LogP) is 3.51. The van der Waals surface area contributed by atoms with Crippen molar-refractivity contribution in [3.63, 3.8) is 0 Å². The molecular weight excluding hydrogens is 294 g/mol. The Bertz CT molecular complexity index is 627. The van der Waals surface area contributed by atoms with Crippen molar-refractivity contribution in [2.75, 3.05) is 19.4 Å². The lowest BCUT2D eigenvalue weighted by Crippen LogP contribution is -2.30. The van der Waals surface area contributed by atoms with Crippen LogP contribution < -0.4 is 4.74 Å².